The van der Waals surface area contributed by atoms with E-state index in [-0.39, 0.29) is 6.42 Å². The molecule has 0 aliphatic heterocycles. The molecular formula is C19H19NO5S. The second kappa shape index (κ2) is 10.2. The van der Waals surface area contributed by atoms with E-state index in [2.05, 4.69) is 5.32 Å². The van der Waals surface area contributed by atoms with Crippen molar-refractivity contribution in [3.63, 3.8) is 0 Å². The maximum Gasteiger partial charge on any atom is 0.331 e. The first-order valence-electron chi connectivity index (χ1n) is 7.95. The average Bonchev–Trinajstić information content (AvgIpc) is 3.04. The smallest absolute Gasteiger partial charge is 0.331 e. The van der Waals surface area contributed by atoms with Gasteiger partial charge in [0.15, 0.2) is 6.61 Å². The van der Waals surface area contributed by atoms with Crippen molar-refractivity contribution in [2.45, 2.75) is 18.2 Å². The number of carbonyl (C=O) groups excluding carboxylic acids is 3. The van der Waals surface area contributed by atoms with Crippen LogP contribution in [0.4, 0.5) is 0 Å². The quantitative estimate of drug-likeness (QED) is 0.435. The Morgan fingerprint density at radius 1 is 1.12 bits per heavy atom. The molecule has 1 aromatic carbocycles. The summed E-state index contributed by atoms with van der Waals surface area (Å²) in [4.78, 5) is 35.9. The van der Waals surface area contributed by atoms with Gasteiger partial charge in [0.25, 0.3) is 5.91 Å². The maximum absolute atomic E-state index is 11.7. The van der Waals surface area contributed by atoms with Crippen LogP contribution in [0.1, 0.15) is 17.9 Å². The minimum absolute atomic E-state index is 0.191. The van der Waals surface area contributed by atoms with Gasteiger partial charge in [0.1, 0.15) is 11.5 Å². The lowest BCUT2D eigenvalue weighted by molar-refractivity contribution is -0.145. The van der Waals surface area contributed by atoms with Gasteiger partial charge in [-0.2, -0.15) is 0 Å². The van der Waals surface area contributed by atoms with E-state index in [0.29, 0.717) is 11.5 Å². The van der Waals surface area contributed by atoms with Gasteiger partial charge in [-0.05, 0) is 37.3 Å². The predicted octanol–water partition coefficient (Wildman–Crippen LogP) is 2.97. The first kappa shape index (κ1) is 19.5. The fourth-order valence-electron chi connectivity index (χ4n) is 1.91. The van der Waals surface area contributed by atoms with Crippen LogP contribution < -0.4 is 5.32 Å². The molecule has 0 fully saturated rings. The Hall–Kier alpha value is -2.80. The van der Waals surface area contributed by atoms with Crippen LogP contribution in [0.2, 0.25) is 0 Å². The fraction of sp³-hybridized carbons (Fsp3) is 0.211. The summed E-state index contributed by atoms with van der Waals surface area (Å²) < 4.78 is 10.0. The van der Waals surface area contributed by atoms with E-state index in [1.165, 1.54) is 17.8 Å². The van der Waals surface area contributed by atoms with Gasteiger partial charge in [-0.15, -0.1) is 11.8 Å². The van der Waals surface area contributed by atoms with E-state index in [9.17, 15) is 14.4 Å². The molecule has 7 heteroatoms. The number of hydrogen-bond acceptors (Lipinski definition) is 6. The molecule has 1 heterocycles. The molecule has 1 aromatic heterocycles. The third kappa shape index (κ3) is 7.40. The number of hydrogen-bond donors (Lipinski definition) is 1. The van der Waals surface area contributed by atoms with Gasteiger partial charge in [0.2, 0.25) is 5.91 Å². The second-order valence-electron chi connectivity index (χ2n) is 5.27. The average molecular weight is 373 g/mol. The highest BCUT2D eigenvalue weighted by molar-refractivity contribution is 7.99. The highest BCUT2D eigenvalue weighted by atomic mass is 32.2. The Morgan fingerprint density at radius 3 is 2.58 bits per heavy atom. The van der Waals surface area contributed by atoms with Crippen molar-refractivity contribution in [1.29, 1.82) is 0 Å². The summed E-state index contributed by atoms with van der Waals surface area (Å²) in [6, 6.07) is 13.1. The molecule has 0 aliphatic carbocycles. The van der Waals surface area contributed by atoms with E-state index in [1.807, 2.05) is 30.3 Å². The molecule has 136 valence electrons. The van der Waals surface area contributed by atoms with E-state index in [1.54, 1.807) is 19.1 Å². The van der Waals surface area contributed by atoms with Gasteiger partial charge in [-0.1, -0.05) is 18.2 Å². The zero-order valence-electron chi connectivity index (χ0n) is 14.3. The van der Waals surface area contributed by atoms with Crippen molar-refractivity contribution >= 4 is 35.6 Å². The maximum atomic E-state index is 11.7. The number of furan rings is 1. The van der Waals surface area contributed by atoms with Crippen LogP contribution in [0.5, 0.6) is 0 Å². The van der Waals surface area contributed by atoms with Crippen molar-refractivity contribution < 1.29 is 23.5 Å². The number of ether oxygens (including phenoxy) is 1. The van der Waals surface area contributed by atoms with Crippen LogP contribution in [0.3, 0.4) is 0 Å². The molecule has 0 radical (unpaired) electrons. The Balaban J connectivity index is 1.62. The number of esters is 1. The third-order valence-electron chi connectivity index (χ3n) is 3.11. The molecular weight excluding hydrogens is 354 g/mol. The number of rotatable bonds is 8. The first-order valence-corrected chi connectivity index (χ1v) is 8.93. The summed E-state index contributed by atoms with van der Waals surface area (Å²) in [5.41, 5.74) is 0. The number of aryl methyl sites for hydroxylation is 1. The van der Waals surface area contributed by atoms with Crippen LogP contribution in [-0.2, 0) is 19.1 Å². The first-order chi connectivity index (χ1) is 12.5. The molecule has 6 nitrogen and oxygen atoms in total. The lowest BCUT2D eigenvalue weighted by atomic mass is 10.4. The SMILES string of the molecule is Cc1ccc(C=CC(=O)OCC(=O)NC(=O)CCSc2ccccc2)o1. The largest absolute Gasteiger partial charge is 0.462 e. The summed E-state index contributed by atoms with van der Waals surface area (Å²) >= 11 is 1.52. The highest BCUT2D eigenvalue weighted by Crippen LogP contribution is 2.17. The van der Waals surface area contributed by atoms with Crippen molar-refractivity contribution in [3.05, 3.63) is 60.1 Å². The molecule has 0 unspecified atom stereocenters. The normalized spacial score (nSPS) is 10.7. The predicted molar refractivity (Wildman–Crippen MR) is 98.4 cm³/mol. The fourth-order valence-corrected chi connectivity index (χ4v) is 2.78. The Bertz CT molecular complexity index is 782. The Labute approximate surface area is 155 Å². The zero-order valence-corrected chi connectivity index (χ0v) is 15.1. The lowest BCUT2D eigenvalue weighted by Crippen LogP contribution is -2.34. The number of carbonyl (C=O) groups is 3. The molecule has 0 atom stereocenters. The molecule has 26 heavy (non-hydrogen) atoms. The van der Waals surface area contributed by atoms with Crippen LogP contribution in [0.25, 0.3) is 6.08 Å². The summed E-state index contributed by atoms with van der Waals surface area (Å²) in [5.74, 6) is 0.0257. The summed E-state index contributed by atoms with van der Waals surface area (Å²) in [5, 5.41) is 2.19. The van der Waals surface area contributed by atoms with Crippen LogP contribution >= 0.6 is 11.8 Å². The molecule has 2 rings (SSSR count). The number of thioether (sulfide) groups is 1. The molecule has 1 N–H and O–H groups in total. The Kier molecular flexibility index (Phi) is 7.70. The van der Waals surface area contributed by atoms with Crippen molar-refractivity contribution in [2.24, 2.45) is 0 Å². The van der Waals surface area contributed by atoms with E-state index in [0.717, 1.165) is 16.7 Å². The van der Waals surface area contributed by atoms with Gasteiger partial charge >= 0.3 is 5.97 Å². The van der Waals surface area contributed by atoms with E-state index < -0.39 is 24.4 Å². The minimum Gasteiger partial charge on any atom is -0.462 e. The van der Waals surface area contributed by atoms with Gasteiger partial charge in [-0.3, -0.25) is 14.9 Å². The monoisotopic (exact) mass is 373 g/mol. The Morgan fingerprint density at radius 2 is 1.88 bits per heavy atom. The minimum atomic E-state index is -0.693. The van der Waals surface area contributed by atoms with Crippen LogP contribution in [0, 0.1) is 6.92 Å². The van der Waals surface area contributed by atoms with Crippen LogP contribution in [0.15, 0.2) is 57.9 Å². The zero-order chi connectivity index (χ0) is 18.8. The van der Waals surface area contributed by atoms with Crippen molar-refractivity contribution in [3.8, 4) is 0 Å². The molecule has 0 aliphatic rings. The lowest BCUT2D eigenvalue weighted by Gasteiger charge is -2.04. The number of nitrogens with one attached hydrogen (secondary N) is 1. The highest BCUT2D eigenvalue weighted by Gasteiger charge is 2.10. The molecule has 0 saturated heterocycles. The van der Waals surface area contributed by atoms with E-state index in [4.69, 9.17) is 9.15 Å². The molecule has 2 aromatic rings. The number of amides is 2. The molecule has 0 saturated carbocycles. The summed E-state index contributed by atoms with van der Waals surface area (Å²) in [7, 11) is 0. The molecule has 0 spiro atoms. The summed E-state index contributed by atoms with van der Waals surface area (Å²) in [6.45, 7) is 1.27. The number of imide groups is 1. The number of benzene rings is 1. The second-order valence-corrected chi connectivity index (χ2v) is 6.44. The van der Waals surface area contributed by atoms with Gasteiger partial charge in [-0.25, -0.2) is 4.79 Å². The van der Waals surface area contributed by atoms with Crippen molar-refractivity contribution in [1.82, 2.24) is 5.32 Å². The van der Waals surface area contributed by atoms with Crippen molar-refractivity contribution in [2.75, 3.05) is 12.4 Å². The van der Waals surface area contributed by atoms with Gasteiger partial charge < -0.3 is 9.15 Å². The van der Waals surface area contributed by atoms with Crippen LogP contribution in [-0.4, -0.2) is 30.1 Å². The standard InChI is InChI=1S/C19H19NO5S/c1-14-7-8-15(25-14)9-10-19(23)24-13-18(22)20-17(21)11-12-26-16-5-3-2-4-6-16/h2-10H,11-13H2,1H3,(H,20,21,22). The topological polar surface area (TPSA) is 85.6 Å². The molecule has 0 bridgehead atoms. The van der Waals surface area contributed by atoms with E-state index >= 15 is 0 Å². The summed E-state index contributed by atoms with van der Waals surface area (Å²) in [6.07, 6.45) is 2.79. The third-order valence-corrected chi connectivity index (χ3v) is 4.12. The van der Waals surface area contributed by atoms with Gasteiger partial charge in [0, 0.05) is 23.1 Å². The van der Waals surface area contributed by atoms with Gasteiger partial charge in [0.05, 0.1) is 0 Å². The molecule has 2 amide bonds.